The summed E-state index contributed by atoms with van der Waals surface area (Å²) >= 11 is 12.3. The van der Waals surface area contributed by atoms with Crippen molar-refractivity contribution in [3.05, 3.63) is 128 Å². The van der Waals surface area contributed by atoms with Crippen LogP contribution in [0.2, 0.25) is 10.0 Å². The van der Waals surface area contributed by atoms with Gasteiger partial charge in [-0.15, -0.1) is 0 Å². The Kier molecular flexibility index (Phi) is 7.09. The number of carbonyl (C=O) groups is 1. The van der Waals surface area contributed by atoms with Gasteiger partial charge in [-0.25, -0.2) is 0 Å². The molecule has 38 heavy (non-hydrogen) atoms. The molecule has 0 atom stereocenters. The molecule has 1 amide bonds. The third-order valence-corrected chi connectivity index (χ3v) is 7.10. The highest BCUT2D eigenvalue weighted by molar-refractivity contribution is 6.39. The lowest BCUT2D eigenvalue weighted by Gasteiger charge is -2.19. The quantitative estimate of drug-likeness (QED) is 0.187. The Morgan fingerprint density at radius 2 is 1.47 bits per heavy atom. The van der Waals surface area contributed by atoms with Crippen LogP contribution in [0, 0.1) is 0 Å². The SMILES string of the molecule is Nc1c(Cl)cc(-c2[nH]c3cc(C(=O)NCC(c4ccccc4)c4ccccc4)ccc3c(=O)c2O)cc1Cl. The molecule has 8 heteroatoms. The van der Waals surface area contributed by atoms with Gasteiger partial charge in [-0.1, -0.05) is 83.9 Å². The van der Waals surface area contributed by atoms with Crippen LogP contribution >= 0.6 is 23.2 Å². The average Bonchev–Trinajstić information content (AvgIpc) is 2.94. The molecule has 1 heterocycles. The van der Waals surface area contributed by atoms with Crippen LogP contribution < -0.4 is 16.5 Å². The van der Waals surface area contributed by atoms with Crippen LogP contribution in [0.5, 0.6) is 5.75 Å². The fourth-order valence-electron chi connectivity index (χ4n) is 4.46. The van der Waals surface area contributed by atoms with E-state index in [0.29, 0.717) is 23.2 Å². The molecule has 0 aliphatic heterocycles. The van der Waals surface area contributed by atoms with E-state index in [2.05, 4.69) is 10.3 Å². The number of nitrogens with one attached hydrogen (secondary N) is 2. The summed E-state index contributed by atoms with van der Waals surface area (Å²) in [7, 11) is 0. The molecule has 5 rings (SSSR count). The van der Waals surface area contributed by atoms with Crippen LogP contribution in [0.1, 0.15) is 27.4 Å². The van der Waals surface area contributed by atoms with Crippen molar-refractivity contribution in [2.75, 3.05) is 12.3 Å². The molecule has 0 unspecified atom stereocenters. The zero-order chi connectivity index (χ0) is 26.8. The maximum absolute atomic E-state index is 13.2. The van der Waals surface area contributed by atoms with E-state index in [1.807, 2.05) is 60.7 Å². The molecule has 0 saturated heterocycles. The number of aromatic nitrogens is 1. The summed E-state index contributed by atoms with van der Waals surface area (Å²) in [6.45, 7) is 0.380. The van der Waals surface area contributed by atoms with Crippen molar-refractivity contribution < 1.29 is 9.90 Å². The average molecular weight is 544 g/mol. The van der Waals surface area contributed by atoms with E-state index in [9.17, 15) is 14.7 Å². The van der Waals surface area contributed by atoms with Gasteiger partial charge >= 0.3 is 0 Å². The first-order valence-corrected chi connectivity index (χ1v) is 12.6. The van der Waals surface area contributed by atoms with E-state index in [4.69, 9.17) is 28.9 Å². The first kappa shape index (κ1) is 25.4. The third-order valence-electron chi connectivity index (χ3n) is 6.48. The Balaban J connectivity index is 1.47. The molecular weight excluding hydrogens is 521 g/mol. The van der Waals surface area contributed by atoms with Crippen molar-refractivity contribution in [2.45, 2.75) is 5.92 Å². The summed E-state index contributed by atoms with van der Waals surface area (Å²) < 4.78 is 0. The normalized spacial score (nSPS) is 11.1. The van der Waals surface area contributed by atoms with Crippen molar-refractivity contribution in [3.8, 4) is 17.0 Å². The van der Waals surface area contributed by atoms with Gasteiger partial charge in [-0.3, -0.25) is 9.59 Å². The van der Waals surface area contributed by atoms with Gasteiger partial charge in [-0.05, 0) is 41.5 Å². The van der Waals surface area contributed by atoms with Crippen molar-refractivity contribution in [1.82, 2.24) is 10.3 Å². The zero-order valence-electron chi connectivity index (χ0n) is 20.0. The van der Waals surface area contributed by atoms with Crippen LogP contribution in [-0.4, -0.2) is 22.5 Å². The predicted molar refractivity (Wildman–Crippen MR) is 153 cm³/mol. The number of halogens is 2. The fraction of sp³-hybridized carbons (Fsp3) is 0.0667. The highest BCUT2D eigenvalue weighted by Crippen LogP contribution is 2.35. The molecule has 0 radical (unpaired) electrons. The van der Waals surface area contributed by atoms with Crippen LogP contribution in [-0.2, 0) is 0 Å². The van der Waals surface area contributed by atoms with E-state index in [-0.39, 0.29) is 38.6 Å². The maximum atomic E-state index is 13.2. The van der Waals surface area contributed by atoms with Crippen molar-refractivity contribution in [2.24, 2.45) is 0 Å². The summed E-state index contributed by atoms with van der Waals surface area (Å²) in [6, 6.07) is 27.6. The monoisotopic (exact) mass is 543 g/mol. The van der Waals surface area contributed by atoms with Crippen LogP contribution in [0.3, 0.4) is 0 Å². The molecule has 4 aromatic carbocycles. The number of hydrogen-bond donors (Lipinski definition) is 4. The first-order chi connectivity index (χ1) is 18.3. The number of aromatic hydroxyl groups is 1. The fourth-order valence-corrected chi connectivity index (χ4v) is 4.94. The van der Waals surface area contributed by atoms with E-state index in [0.717, 1.165) is 11.1 Å². The van der Waals surface area contributed by atoms with Gasteiger partial charge in [0.1, 0.15) is 0 Å². The maximum Gasteiger partial charge on any atom is 0.251 e. The minimum Gasteiger partial charge on any atom is -0.503 e. The highest BCUT2D eigenvalue weighted by atomic mass is 35.5. The molecule has 0 fully saturated rings. The number of nitrogen functional groups attached to an aromatic ring is 1. The van der Waals surface area contributed by atoms with Crippen molar-refractivity contribution in [1.29, 1.82) is 0 Å². The summed E-state index contributed by atoms with van der Waals surface area (Å²) in [6.07, 6.45) is 0. The number of rotatable bonds is 6. The molecular formula is C30H23Cl2N3O3. The molecule has 0 bridgehead atoms. The lowest BCUT2D eigenvalue weighted by atomic mass is 9.91. The van der Waals surface area contributed by atoms with Gasteiger partial charge in [-0.2, -0.15) is 0 Å². The Morgan fingerprint density at radius 3 is 2.05 bits per heavy atom. The smallest absolute Gasteiger partial charge is 0.251 e. The van der Waals surface area contributed by atoms with Crippen LogP contribution in [0.15, 0.2) is 95.8 Å². The number of hydrogen-bond acceptors (Lipinski definition) is 4. The minimum atomic E-state index is -0.585. The standard InChI is InChI=1S/C30H23Cl2N3O3/c31-23-13-20(14-24(32)26(23)33)27-29(37)28(36)21-12-11-19(15-25(21)35-27)30(38)34-16-22(17-7-3-1-4-8-17)18-9-5-2-6-10-18/h1-15,22,37H,16,33H2,(H,34,38)(H,35,36). The number of nitrogens with two attached hydrogens (primary N) is 1. The molecule has 0 spiro atoms. The number of H-pyrrole nitrogens is 1. The van der Waals surface area contributed by atoms with E-state index in [1.54, 1.807) is 12.1 Å². The number of aromatic amines is 1. The molecule has 5 N–H and O–H groups in total. The summed E-state index contributed by atoms with van der Waals surface area (Å²) in [4.78, 5) is 29.1. The lowest BCUT2D eigenvalue weighted by molar-refractivity contribution is 0.0952. The van der Waals surface area contributed by atoms with Gasteiger partial charge in [0.2, 0.25) is 5.43 Å². The van der Waals surface area contributed by atoms with Crippen LogP contribution in [0.25, 0.3) is 22.2 Å². The predicted octanol–water partition coefficient (Wildman–Crippen LogP) is 6.35. The van der Waals surface area contributed by atoms with Gasteiger partial charge in [0.25, 0.3) is 5.91 Å². The highest BCUT2D eigenvalue weighted by Gasteiger charge is 2.18. The molecule has 190 valence electrons. The number of carbonyl (C=O) groups excluding carboxylic acids is 1. The number of benzene rings is 4. The van der Waals surface area contributed by atoms with E-state index in [1.165, 1.54) is 18.2 Å². The third kappa shape index (κ3) is 4.96. The first-order valence-electron chi connectivity index (χ1n) is 11.9. The van der Waals surface area contributed by atoms with Gasteiger partial charge in [0, 0.05) is 29.0 Å². The summed E-state index contributed by atoms with van der Waals surface area (Å²) in [5, 5.41) is 14.2. The van der Waals surface area contributed by atoms with Crippen molar-refractivity contribution in [3.63, 3.8) is 0 Å². The van der Waals surface area contributed by atoms with Crippen molar-refractivity contribution >= 4 is 45.7 Å². The number of pyridine rings is 1. The topological polar surface area (TPSA) is 108 Å². The van der Waals surface area contributed by atoms with Gasteiger partial charge < -0.3 is 21.1 Å². The molecule has 5 aromatic rings. The van der Waals surface area contributed by atoms with E-state index < -0.39 is 11.2 Å². The zero-order valence-corrected chi connectivity index (χ0v) is 21.6. The number of amides is 1. The second-order valence-corrected chi connectivity index (χ2v) is 9.69. The number of fused-ring (bicyclic) bond motifs is 1. The Hall–Kier alpha value is -4.26. The second kappa shape index (κ2) is 10.6. The Morgan fingerprint density at radius 1 is 0.895 bits per heavy atom. The molecule has 1 aromatic heterocycles. The largest absolute Gasteiger partial charge is 0.503 e. The molecule has 0 aliphatic rings. The Labute approximate surface area is 228 Å². The number of anilines is 1. The lowest BCUT2D eigenvalue weighted by Crippen LogP contribution is -2.29. The van der Waals surface area contributed by atoms with Gasteiger partial charge in [0.05, 0.1) is 26.9 Å². The second-order valence-electron chi connectivity index (χ2n) is 8.88. The van der Waals surface area contributed by atoms with Crippen LogP contribution in [0.4, 0.5) is 5.69 Å². The molecule has 6 nitrogen and oxygen atoms in total. The Bertz CT molecular complexity index is 1640. The summed E-state index contributed by atoms with van der Waals surface area (Å²) in [5.41, 5.74) is 8.85. The van der Waals surface area contributed by atoms with Gasteiger partial charge in [0.15, 0.2) is 5.75 Å². The molecule has 0 aliphatic carbocycles. The minimum absolute atomic E-state index is 0.0369. The summed E-state index contributed by atoms with van der Waals surface area (Å²) in [5.74, 6) is -0.817. The van der Waals surface area contributed by atoms with E-state index >= 15 is 0 Å². The molecule has 0 saturated carbocycles.